The van der Waals surface area contributed by atoms with Crippen LogP contribution in [0.3, 0.4) is 0 Å². The summed E-state index contributed by atoms with van der Waals surface area (Å²) < 4.78 is 27.6. The number of hydrogen-bond acceptors (Lipinski definition) is 6. The van der Waals surface area contributed by atoms with Gasteiger partial charge in [-0.2, -0.15) is 14.6 Å². The van der Waals surface area contributed by atoms with E-state index in [0.29, 0.717) is 18.2 Å². The molecule has 0 N–H and O–H groups in total. The lowest BCUT2D eigenvalue weighted by Crippen LogP contribution is -2.52. The van der Waals surface area contributed by atoms with Crippen LogP contribution in [0, 0.1) is 12.8 Å². The number of anilines is 1. The van der Waals surface area contributed by atoms with Crippen molar-refractivity contribution < 1.29 is 8.42 Å². The van der Waals surface area contributed by atoms with Crippen molar-refractivity contribution in [2.24, 2.45) is 5.92 Å². The second kappa shape index (κ2) is 5.13. The minimum absolute atomic E-state index is 0.138. The van der Waals surface area contributed by atoms with E-state index in [1.165, 1.54) is 10.6 Å². The van der Waals surface area contributed by atoms with Crippen molar-refractivity contribution >= 4 is 21.6 Å². The van der Waals surface area contributed by atoms with Gasteiger partial charge in [0.15, 0.2) is 0 Å². The van der Waals surface area contributed by atoms with Crippen molar-refractivity contribution in [3.05, 3.63) is 18.1 Å². The van der Waals surface area contributed by atoms with Gasteiger partial charge in [-0.25, -0.2) is 17.7 Å². The summed E-state index contributed by atoms with van der Waals surface area (Å²) in [5, 5.41) is 4.08. The number of aromatic nitrogens is 4. The van der Waals surface area contributed by atoms with Gasteiger partial charge in [0.1, 0.15) is 12.1 Å². The third-order valence-corrected chi connectivity index (χ3v) is 6.87. The summed E-state index contributed by atoms with van der Waals surface area (Å²) in [6, 6.07) is 1.99. The van der Waals surface area contributed by atoms with E-state index in [1.54, 1.807) is 11.6 Å². The molecule has 0 radical (unpaired) electrons. The first-order valence-corrected chi connectivity index (χ1v) is 9.33. The van der Waals surface area contributed by atoms with E-state index in [4.69, 9.17) is 0 Å². The third kappa shape index (κ3) is 2.57. The maximum Gasteiger partial charge on any atom is 0.254 e. The van der Waals surface area contributed by atoms with Crippen molar-refractivity contribution in [3.63, 3.8) is 0 Å². The topological polar surface area (TPSA) is 83.7 Å². The van der Waals surface area contributed by atoms with Crippen molar-refractivity contribution in [3.8, 4) is 0 Å². The van der Waals surface area contributed by atoms with Crippen LogP contribution in [0.2, 0.25) is 0 Å². The summed E-state index contributed by atoms with van der Waals surface area (Å²) in [4.78, 5) is 10.7. The molecule has 0 amide bonds. The van der Waals surface area contributed by atoms with Crippen LogP contribution in [-0.4, -0.2) is 64.2 Å². The molecule has 2 aromatic rings. The fourth-order valence-electron chi connectivity index (χ4n) is 3.10. The number of nitrogens with zero attached hydrogens (tertiary/aromatic N) is 6. The number of hydrogen-bond donors (Lipinski definition) is 0. The second-order valence-corrected chi connectivity index (χ2v) is 8.84. The molecule has 2 aromatic heterocycles. The average Bonchev–Trinajstić information content (AvgIpc) is 3.21. The Balaban J connectivity index is 1.44. The monoisotopic (exact) mass is 336 g/mol. The van der Waals surface area contributed by atoms with E-state index >= 15 is 0 Å². The highest BCUT2D eigenvalue weighted by molar-refractivity contribution is 7.90. The molecule has 2 fully saturated rings. The zero-order valence-corrected chi connectivity index (χ0v) is 14.1. The minimum atomic E-state index is -3.07. The molecule has 1 aliphatic heterocycles. The first kappa shape index (κ1) is 14.8. The van der Waals surface area contributed by atoms with Crippen LogP contribution in [0.4, 0.5) is 5.82 Å². The van der Waals surface area contributed by atoms with Gasteiger partial charge in [0.2, 0.25) is 10.0 Å². The highest BCUT2D eigenvalue weighted by Gasteiger charge is 2.40. The van der Waals surface area contributed by atoms with Gasteiger partial charge < -0.3 is 4.90 Å². The molecule has 0 bridgehead atoms. The highest BCUT2D eigenvalue weighted by Crippen LogP contribution is 2.32. The molecule has 1 aliphatic carbocycles. The first-order valence-electron chi connectivity index (χ1n) is 7.82. The minimum Gasteiger partial charge on any atom is -0.356 e. The van der Waals surface area contributed by atoms with Crippen LogP contribution in [0.5, 0.6) is 0 Å². The summed E-state index contributed by atoms with van der Waals surface area (Å²) in [5.74, 6) is 1.91. The molecule has 0 spiro atoms. The second-order valence-electron chi connectivity index (χ2n) is 6.52. The van der Waals surface area contributed by atoms with Gasteiger partial charge in [-0.15, -0.1) is 0 Å². The molecule has 0 aromatic carbocycles. The molecule has 1 saturated heterocycles. The van der Waals surface area contributed by atoms with E-state index in [-0.39, 0.29) is 5.25 Å². The lowest BCUT2D eigenvalue weighted by Gasteiger charge is -2.42. The molecule has 23 heavy (non-hydrogen) atoms. The van der Waals surface area contributed by atoms with Gasteiger partial charge >= 0.3 is 0 Å². The van der Waals surface area contributed by atoms with Gasteiger partial charge in [-0.3, -0.25) is 0 Å². The quantitative estimate of drug-likeness (QED) is 0.780. The maximum absolute atomic E-state index is 12.2. The normalized spacial score (nSPS) is 19.5. The molecule has 1 saturated carbocycles. The van der Waals surface area contributed by atoms with Crippen LogP contribution >= 0.6 is 0 Å². The predicted octanol–water partition coefficient (Wildman–Crippen LogP) is 0.293. The summed E-state index contributed by atoms with van der Waals surface area (Å²) in [7, 11) is -1.38. The summed E-state index contributed by atoms with van der Waals surface area (Å²) >= 11 is 0. The van der Waals surface area contributed by atoms with Gasteiger partial charge in [-0.05, 0) is 19.8 Å². The van der Waals surface area contributed by atoms with Crippen LogP contribution in [-0.2, 0) is 10.0 Å². The summed E-state index contributed by atoms with van der Waals surface area (Å²) in [6.07, 6.45) is 3.12. The van der Waals surface area contributed by atoms with Crippen molar-refractivity contribution in [1.82, 2.24) is 23.9 Å². The Hall–Kier alpha value is -1.74. The Bertz CT molecular complexity index is 838. The Kier molecular flexibility index (Phi) is 3.31. The lowest BCUT2D eigenvalue weighted by atomic mass is 10.0. The van der Waals surface area contributed by atoms with Crippen molar-refractivity contribution in [1.29, 1.82) is 0 Å². The molecule has 0 atom stereocenters. The van der Waals surface area contributed by atoms with Gasteiger partial charge in [0.25, 0.3) is 5.78 Å². The van der Waals surface area contributed by atoms with Gasteiger partial charge in [-0.1, -0.05) is 0 Å². The van der Waals surface area contributed by atoms with Crippen molar-refractivity contribution in [2.45, 2.75) is 25.0 Å². The fraction of sp³-hybridized carbons (Fsp3) is 0.643. The van der Waals surface area contributed by atoms with E-state index in [9.17, 15) is 8.42 Å². The Morgan fingerprint density at radius 2 is 2.09 bits per heavy atom. The number of fused-ring (bicyclic) bond motifs is 1. The standard InChI is InChI=1S/C14H20N6O2S/c1-10-5-13(20-14(17-10)15-9-16-20)19-7-11(8-19)6-18(2)23(21,22)12-3-4-12/h5,9,11-12H,3-4,6-8H2,1-2H3. The van der Waals surface area contributed by atoms with E-state index in [2.05, 4.69) is 20.0 Å². The summed E-state index contributed by atoms with van der Waals surface area (Å²) in [6.45, 7) is 4.16. The zero-order chi connectivity index (χ0) is 16.2. The average molecular weight is 336 g/mol. The lowest BCUT2D eigenvalue weighted by molar-refractivity contribution is 0.324. The number of sulfonamides is 1. The van der Waals surface area contributed by atoms with Gasteiger partial charge in [0.05, 0.1) is 5.25 Å². The molecule has 0 unspecified atom stereocenters. The van der Waals surface area contributed by atoms with Crippen LogP contribution in [0.1, 0.15) is 18.5 Å². The number of rotatable bonds is 5. The van der Waals surface area contributed by atoms with Crippen molar-refractivity contribution in [2.75, 3.05) is 31.6 Å². The van der Waals surface area contributed by atoms with Crippen LogP contribution in [0.25, 0.3) is 5.78 Å². The fourth-order valence-corrected chi connectivity index (χ4v) is 4.76. The molecule has 9 heteroatoms. The summed E-state index contributed by atoms with van der Waals surface area (Å²) in [5.41, 5.74) is 0.900. The SMILES string of the molecule is Cc1cc(N2CC(CN(C)S(=O)(=O)C3CC3)C2)n2ncnc2n1. The van der Waals surface area contributed by atoms with Crippen LogP contribution in [0.15, 0.2) is 12.4 Å². The third-order valence-electron chi connectivity index (χ3n) is 4.54. The number of aryl methyl sites for hydroxylation is 1. The van der Waals surface area contributed by atoms with Gasteiger partial charge in [0, 0.05) is 44.4 Å². The predicted molar refractivity (Wildman–Crippen MR) is 85.8 cm³/mol. The Morgan fingerprint density at radius 1 is 1.35 bits per heavy atom. The molecule has 124 valence electrons. The first-order chi connectivity index (χ1) is 10.9. The smallest absolute Gasteiger partial charge is 0.254 e. The molecule has 8 nitrogen and oxygen atoms in total. The molecule has 3 heterocycles. The molecule has 2 aliphatic rings. The maximum atomic E-state index is 12.2. The largest absolute Gasteiger partial charge is 0.356 e. The Labute approximate surface area is 135 Å². The molecular weight excluding hydrogens is 316 g/mol. The Morgan fingerprint density at radius 3 is 2.78 bits per heavy atom. The van der Waals surface area contributed by atoms with E-state index in [1.807, 2.05) is 13.0 Å². The van der Waals surface area contributed by atoms with E-state index < -0.39 is 10.0 Å². The zero-order valence-electron chi connectivity index (χ0n) is 13.3. The molecular formula is C14H20N6O2S. The highest BCUT2D eigenvalue weighted by atomic mass is 32.2. The molecule has 4 rings (SSSR count). The van der Waals surface area contributed by atoms with E-state index in [0.717, 1.165) is 37.4 Å². The van der Waals surface area contributed by atoms with Crippen LogP contribution < -0.4 is 4.90 Å².